The van der Waals surface area contributed by atoms with Gasteiger partial charge in [0.2, 0.25) is 11.8 Å². The first-order valence-electron chi connectivity index (χ1n) is 9.48. The van der Waals surface area contributed by atoms with Crippen molar-refractivity contribution in [1.82, 2.24) is 19.7 Å². The summed E-state index contributed by atoms with van der Waals surface area (Å²) in [6.45, 7) is 1.29. The number of amides is 2. The van der Waals surface area contributed by atoms with E-state index < -0.39 is 30.1 Å². The maximum Gasteiger partial charge on any atom is 0.418 e. The van der Waals surface area contributed by atoms with E-state index in [2.05, 4.69) is 15.5 Å². The lowest BCUT2D eigenvalue weighted by Crippen LogP contribution is -2.37. The van der Waals surface area contributed by atoms with Crippen LogP contribution >= 0.6 is 12.2 Å². The molecule has 3 rings (SSSR count). The molecule has 0 fully saturated rings. The molecule has 11 heteroatoms. The Morgan fingerprint density at radius 3 is 2.59 bits per heavy atom. The van der Waals surface area contributed by atoms with Gasteiger partial charge in [-0.25, -0.2) is 0 Å². The van der Waals surface area contributed by atoms with Crippen LogP contribution in [0.3, 0.4) is 0 Å². The quantitative estimate of drug-likeness (QED) is 0.541. The molecule has 0 aliphatic rings. The fourth-order valence-corrected chi connectivity index (χ4v) is 3.25. The van der Waals surface area contributed by atoms with Crippen LogP contribution in [-0.2, 0) is 22.3 Å². The second-order valence-electron chi connectivity index (χ2n) is 7.15. The number of hydrogen-bond donors (Lipinski definition) is 2. The zero-order valence-electron chi connectivity index (χ0n) is 17.2. The standard InChI is InChI=1S/C21H20F3N5O2S/c1-13-6-5-7-14(10-13)19-26-27-20(32)29(19)12-18(31)28(2)11-17(30)25-16-9-4-3-8-15(16)21(22,23)24/h3-10H,11-12H2,1-2H3,(H,25,30)(H,27,32). The van der Waals surface area contributed by atoms with Gasteiger partial charge in [-0.3, -0.25) is 19.3 Å². The first-order chi connectivity index (χ1) is 15.1. The Kier molecular flexibility index (Phi) is 6.78. The predicted octanol–water partition coefficient (Wildman–Crippen LogP) is 4.03. The Bertz CT molecular complexity index is 1200. The fraction of sp³-hybridized carbons (Fsp3) is 0.238. The molecule has 1 aromatic heterocycles. The summed E-state index contributed by atoms with van der Waals surface area (Å²) in [6.07, 6.45) is -4.62. The smallest absolute Gasteiger partial charge is 0.335 e. The Balaban J connectivity index is 1.70. The number of carbonyl (C=O) groups is 2. The van der Waals surface area contributed by atoms with Gasteiger partial charge >= 0.3 is 6.18 Å². The lowest BCUT2D eigenvalue weighted by atomic mass is 10.1. The zero-order valence-corrected chi connectivity index (χ0v) is 18.0. The highest BCUT2D eigenvalue weighted by molar-refractivity contribution is 7.71. The highest BCUT2D eigenvalue weighted by Crippen LogP contribution is 2.34. The molecular weight excluding hydrogens is 443 g/mol. The van der Waals surface area contributed by atoms with Crippen LogP contribution in [0.15, 0.2) is 48.5 Å². The molecule has 0 aliphatic carbocycles. The molecule has 0 atom stereocenters. The van der Waals surface area contributed by atoms with E-state index in [0.29, 0.717) is 5.82 Å². The molecule has 3 aromatic rings. The number of aromatic nitrogens is 3. The van der Waals surface area contributed by atoms with E-state index in [1.54, 1.807) is 0 Å². The maximum absolute atomic E-state index is 13.1. The van der Waals surface area contributed by atoms with Crippen LogP contribution in [0.1, 0.15) is 11.1 Å². The number of nitrogens with one attached hydrogen (secondary N) is 2. The van der Waals surface area contributed by atoms with Crippen LogP contribution in [-0.4, -0.2) is 45.1 Å². The van der Waals surface area contributed by atoms with Crippen LogP contribution < -0.4 is 5.32 Å². The van der Waals surface area contributed by atoms with Crippen molar-refractivity contribution in [3.05, 3.63) is 64.4 Å². The Morgan fingerprint density at radius 1 is 1.19 bits per heavy atom. The molecule has 168 valence electrons. The number of rotatable bonds is 6. The number of hydrogen-bond acceptors (Lipinski definition) is 4. The fourth-order valence-electron chi connectivity index (χ4n) is 3.06. The van der Waals surface area contributed by atoms with Gasteiger partial charge in [0.25, 0.3) is 0 Å². The van der Waals surface area contributed by atoms with Crippen LogP contribution in [0, 0.1) is 11.7 Å². The van der Waals surface area contributed by atoms with E-state index >= 15 is 0 Å². The second-order valence-corrected chi connectivity index (χ2v) is 7.54. The van der Waals surface area contributed by atoms with Crippen LogP contribution in [0.25, 0.3) is 11.4 Å². The van der Waals surface area contributed by atoms with Crippen molar-refractivity contribution in [2.24, 2.45) is 0 Å². The van der Waals surface area contributed by atoms with Gasteiger partial charge in [0.1, 0.15) is 6.54 Å². The zero-order chi connectivity index (χ0) is 23.5. The minimum atomic E-state index is -4.62. The molecule has 0 unspecified atom stereocenters. The van der Waals surface area contributed by atoms with Gasteiger partial charge in [-0.2, -0.15) is 18.3 Å². The molecule has 0 bridgehead atoms. The van der Waals surface area contributed by atoms with Crippen LogP contribution in [0.4, 0.5) is 18.9 Å². The number of para-hydroxylation sites is 1. The number of carbonyl (C=O) groups excluding carboxylic acids is 2. The molecule has 2 amide bonds. The molecule has 2 N–H and O–H groups in total. The van der Waals surface area contributed by atoms with Gasteiger partial charge in [0, 0.05) is 12.6 Å². The average molecular weight is 463 g/mol. The summed E-state index contributed by atoms with van der Waals surface area (Å²) in [5, 5.41) is 9.05. The molecule has 32 heavy (non-hydrogen) atoms. The lowest BCUT2D eigenvalue weighted by molar-refractivity contribution is -0.137. The SMILES string of the molecule is Cc1cccc(-c2n[nH]c(=S)n2CC(=O)N(C)CC(=O)Nc2ccccc2C(F)(F)F)c1. The number of halogens is 3. The van der Waals surface area contributed by atoms with Crippen molar-refractivity contribution < 1.29 is 22.8 Å². The summed E-state index contributed by atoms with van der Waals surface area (Å²) in [4.78, 5) is 26.1. The van der Waals surface area contributed by atoms with Gasteiger partial charge in [-0.05, 0) is 37.3 Å². The summed E-state index contributed by atoms with van der Waals surface area (Å²) < 4.78 is 41.0. The third kappa shape index (κ3) is 5.41. The number of alkyl halides is 3. The predicted molar refractivity (Wildman–Crippen MR) is 115 cm³/mol. The van der Waals surface area contributed by atoms with E-state index in [1.165, 1.54) is 23.7 Å². The van der Waals surface area contributed by atoms with Crippen LogP contribution in [0.2, 0.25) is 0 Å². The van der Waals surface area contributed by atoms with Crippen molar-refractivity contribution in [3.8, 4) is 11.4 Å². The highest BCUT2D eigenvalue weighted by atomic mass is 32.1. The second kappa shape index (κ2) is 9.35. The summed E-state index contributed by atoms with van der Waals surface area (Å²) in [5.74, 6) is -0.757. The molecule has 0 saturated carbocycles. The largest absolute Gasteiger partial charge is 0.418 e. The number of benzene rings is 2. The van der Waals surface area contributed by atoms with Gasteiger partial charge in [-0.15, -0.1) is 0 Å². The minimum Gasteiger partial charge on any atom is -0.335 e. The number of anilines is 1. The molecular formula is C21H20F3N5O2S. The monoisotopic (exact) mass is 463 g/mol. The molecule has 0 saturated heterocycles. The number of nitrogens with zero attached hydrogens (tertiary/aromatic N) is 3. The summed E-state index contributed by atoms with van der Waals surface area (Å²) in [7, 11) is 1.38. The number of H-pyrrole nitrogens is 1. The Labute approximate surface area is 186 Å². The molecule has 1 heterocycles. The van der Waals surface area contributed by atoms with Gasteiger partial charge < -0.3 is 10.2 Å². The molecule has 7 nitrogen and oxygen atoms in total. The average Bonchev–Trinajstić information content (AvgIpc) is 3.07. The van der Waals surface area contributed by atoms with Gasteiger partial charge in [0.15, 0.2) is 10.6 Å². The minimum absolute atomic E-state index is 0.193. The third-order valence-corrected chi connectivity index (χ3v) is 4.95. The number of aryl methyl sites for hydroxylation is 1. The highest BCUT2D eigenvalue weighted by Gasteiger charge is 2.33. The Hall–Kier alpha value is -3.47. The van der Waals surface area contributed by atoms with E-state index in [-0.39, 0.29) is 17.0 Å². The first-order valence-corrected chi connectivity index (χ1v) is 9.89. The number of aromatic amines is 1. The topological polar surface area (TPSA) is 83.0 Å². The summed E-state index contributed by atoms with van der Waals surface area (Å²) >= 11 is 5.22. The first kappa shape index (κ1) is 23.2. The van der Waals surface area contributed by atoms with E-state index in [4.69, 9.17) is 12.2 Å². The van der Waals surface area contributed by atoms with E-state index in [0.717, 1.165) is 28.2 Å². The molecule has 0 spiro atoms. The maximum atomic E-state index is 13.1. The van der Waals surface area contributed by atoms with E-state index in [1.807, 2.05) is 31.2 Å². The van der Waals surface area contributed by atoms with Crippen molar-refractivity contribution in [2.75, 3.05) is 18.9 Å². The van der Waals surface area contributed by atoms with E-state index in [9.17, 15) is 22.8 Å². The number of likely N-dealkylation sites (N-methyl/N-ethyl adjacent to an activating group) is 1. The van der Waals surface area contributed by atoms with Gasteiger partial charge in [-0.1, -0.05) is 35.9 Å². The molecule has 2 aromatic carbocycles. The van der Waals surface area contributed by atoms with Crippen molar-refractivity contribution in [1.29, 1.82) is 0 Å². The van der Waals surface area contributed by atoms with Crippen LogP contribution in [0.5, 0.6) is 0 Å². The lowest BCUT2D eigenvalue weighted by Gasteiger charge is -2.19. The summed E-state index contributed by atoms with van der Waals surface area (Å²) in [6, 6.07) is 12.1. The molecule has 0 aliphatic heterocycles. The normalized spacial score (nSPS) is 11.3. The summed E-state index contributed by atoms with van der Waals surface area (Å²) in [5.41, 5.74) is 0.427. The molecule has 0 radical (unpaired) electrons. The third-order valence-electron chi connectivity index (χ3n) is 4.64. The van der Waals surface area contributed by atoms with Crippen molar-refractivity contribution >= 4 is 29.7 Å². The van der Waals surface area contributed by atoms with Crippen molar-refractivity contribution in [2.45, 2.75) is 19.6 Å². The Morgan fingerprint density at radius 2 is 1.91 bits per heavy atom. The van der Waals surface area contributed by atoms with Crippen molar-refractivity contribution in [3.63, 3.8) is 0 Å². The van der Waals surface area contributed by atoms with Gasteiger partial charge in [0.05, 0.1) is 17.8 Å².